The maximum absolute atomic E-state index is 11.4. The third-order valence-corrected chi connectivity index (χ3v) is 4.10. The van der Waals surface area contributed by atoms with Crippen molar-refractivity contribution in [2.45, 2.75) is 38.3 Å². The lowest BCUT2D eigenvalue weighted by Crippen LogP contribution is -2.19. The van der Waals surface area contributed by atoms with Crippen LogP contribution in [0.5, 0.6) is 5.75 Å². The SMILES string of the molecule is CNC(=O)c1ccc(NCc2cccc(OC3CCCC3)c2)nn1. The Morgan fingerprint density at radius 2 is 2.04 bits per heavy atom. The van der Waals surface area contributed by atoms with E-state index in [4.69, 9.17) is 4.74 Å². The third-order valence-electron chi connectivity index (χ3n) is 4.10. The van der Waals surface area contributed by atoms with Crippen molar-refractivity contribution >= 4 is 11.7 Å². The van der Waals surface area contributed by atoms with E-state index in [2.05, 4.69) is 26.9 Å². The highest BCUT2D eigenvalue weighted by atomic mass is 16.5. The highest BCUT2D eigenvalue weighted by molar-refractivity contribution is 5.91. The molecular weight excluding hydrogens is 304 g/mol. The summed E-state index contributed by atoms with van der Waals surface area (Å²) < 4.78 is 6.02. The Morgan fingerprint density at radius 3 is 2.75 bits per heavy atom. The molecule has 1 aliphatic rings. The first kappa shape index (κ1) is 16.2. The molecule has 1 fully saturated rings. The fourth-order valence-electron chi connectivity index (χ4n) is 2.80. The molecule has 2 aromatic rings. The van der Waals surface area contributed by atoms with Crippen molar-refractivity contribution in [2.24, 2.45) is 0 Å². The van der Waals surface area contributed by atoms with Crippen molar-refractivity contribution in [3.8, 4) is 5.75 Å². The summed E-state index contributed by atoms with van der Waals surface area (Å²) in [7, 11) is 1.57. The Labute approximate surface area is 141 Å². The van der Waals surface area contributed by atoms with Crippen LogP contribution in [0.25, 0.3) is 0 Å². The Balaban J connectivity index is 1.57. The minimum absolute atomic E-state index is 0.245. The van der Waals surface area contributed by atoms with Crippen molar-refractivity contribution in [3.05, 3.63) is 47.7 Å². The molecule has 0 aliphatic heterocycles. The summed E-state index contributed by atoms with van der Waals surface area (Å²) in [5, 5.41) is 13.6. The van der Waals surface area contributed by atoms with Crippen LogP contribution in [0.1, 0.15) is 41.7 Å². The summed E-state index contributed by atoms with van der Waals surface area (Å²) in [6, 6.07) is 11.5. The first-order valence-corrected chi connectivity index (χ1v) is 8.30. The van der Waals surface area contributed by atoms with Gasteiger partial charge in [0.25, 0.3) is 5.91 Å². The lowest BCUT2D eigenvalue weighted by molar-refractivity contribution is 0.0957. The normalized spacial score (nSPS) is 14.4. The van der Waals surface area contributed by atoms with Gasteiger partial charge in [-0.15, -0.1) is 10.2 Å². The molecule has 1 aromatic carbocycles. The molecule has 1 saturated carbocycles. The van der Waals surface area contributed by atoms with Gasteiger partial charge in [-0.1, -0.05) is 12.1 Å². The van der Waals surface area contributed by atoms with E-state index in [1.807, 2.05) is 18.2 Å². The van der Waals surface area contributed by atoms with Crippen LogP contribution in [0.2, 0.25) is 0 Å². The van der Waals surface area contributed by atoms with E-state index in [1.54, 1.807) is 19.2 Å². The minimum Gasteiger partial charge on any atom is -0.490 e. The predicted molar refractivity (Wildman–Crippen MR) is 92.1 cm³/mol. The number of aromatic nitrogens is 2. The molecule has 1 aromatic heterocycles. The van der Waals surface area contributed by atoms with Gasteiger partial charge in [-0.2, -0.15) is 0 Å². The number of carbonyl (C=O) groups excluding carboxylic acids is 1. The molecule has 1 amide bonds. The molecule has 0 spiro atoms. The number of amides is 1. The smallest absolute Gasteiger partial charge is 0.271 e. The third kappa shape index (κ3) is 4.22. The minimum atomic E-state index is -0.245. The topological polar surface area (TPSA) is 76.1 Å². The molecule has 0 radical (unpaired) electrons. The van der Waals surface area contributed by atoms with E-state index in [9.17, 15) is 4.79 Å². The number of anilines is 1. The molecule has 24 heavy (non-hydrogen) atoms. The monoisotopic (exact) mass is 326 g/mol. The van der Waals surface area contributed by atoms with Crippen molar-refractivity contribution in [3.63, 3.8) is 0 Å². The summed E-state index contributed by atoms with van der Waals surface area (Å²) >= 11 is 0. The quantitative estimate of drug-likeness (QED) is 0.853. The molecule has 6 heteroatoms. The van der Waals surface area contributed by atoms with E-state index in [0.717, 1.165) is 24.2 Å². The fourth-order valence-corrected chi connectivity index (χ4v) is 2.80. The van der Waals surface area contributed by atoms with Gasteiger partial charge in [0.15, 0.2) is 5.69 Å². The molecule has 1 aliphatic carbocycles. The summed E-state index contributed by atoms with van der Waals surface area (Å²) in [5.41, 5.74) is 1.41. The van der Waals surface area contributed by atoms with Crippen molar-refractivity contribution in [1.82, 2.24) is 15.5 Å². The second-order valence-corrected chi connectivity index (χ2v) is 5.91. The zero-order valence-corrected chi connectivity index (χ0v) is 13.8. The zero-order chi connectivity index (χ0) is 16.8. The van der Waals surface area contributed by atoms with Gasteiger partial charge in [-0.05, 0) is 55.5 Å². The molecular formula is C18H22N4O2. The van der Waals surface area contributed by atoms with Crippen molar-refractivity contribution in [2.75, 3.05) is 12.4 Å². The summed E-state index contributed by atoms with van der Waals surface area (Å²) in [5.74, 6) is 1.30. The Hall–Kier alpha value is -2.63. The van der Waals surface area contributed by atoms with E-state index in [-0.39, 0.29) is 5.91 Å². The lowest BCUT2D eigenvalue weighted by atomic mass is 10.2. The van der Waals surface area contributed by atoms with Gasteiger partial charge < -0.3 is 15.4 Å². The van der Waals surface area contributed by atoms with Crippen LogP contribution in [0.4, 0.5) is 5.82 Å². The van der Waals surface area contributed by atoms with Crippen molar-refractivity contribution < 1.29 is 9.53 Å². The number of hydrogen-bond acceptors (Lipinski definition) is 5. The maximum Gasteiger partial charge on any atom is 0.271 e. The standard InChI is InChI=1S/C18H22N4O2/c1-19-18(23)16-9-10-17(22-21-16)20-12-13-5-4-8-15(11-13)24-14-6-2-3-7-14/h4-5,8-11,14H,2-3,6-7,12H2,1H3,(H,19,23)(H,20,22). The molecule has 126 valence electrons. The number of nitrogens with one attached hydrogen (secondary N) is 2. The predicted octanol–water partition coefficient (Wildman–Crippen LogP) is 2.77. The number of rotatable bonds is 6. The van der Waals surface area contributed by atoms with Gasteiger partial charge in [0.1, 0.15) is 11.6 Å². The van der Waals surface area contributed by atoms with E-state index in [0.29, 0.717) is 24.2 Å². The number of benzene rings is 1. The Morgan fingerprint density at radius 1 is 1.21 bits per heavy atom. The highest BCUT2D eigenvalue weighted by Gasteiger charge is 2.16. The first-order valence-electron chi connectivity index (χ1n) is 8.30. The molecule has 0 saturated heterocycles. The maximum atomic E-state index is 11.4. The number of nitrogens with zero attached hydrogens (tertiary/aromatic N) is 2. The van der Waals surface area contributed by atoms with Crippen LogP contribution in [-0.2, 0) is 6.54 Å². The molecule has 0 unspecified atom stereocenters. The second kappa shape index (κ2) is 7.77. The van der Waals surface area contributed by atoms with E-state index in [1.165, 1.54) is 12.8 Å². The molecule has 0 bridgehead atoms. The largest absolute Gasteiger partial charge is 0.490 e. The van der Waals surface area contributed by atoms with Gasteiger partial charge >= 0.3 is 0 Å². The average molecular weight is 326 g/mol. The average Bonchev–Trinajstić information content (AvgIpc) is 3.13. The van der Waals surface area contributed by atoms with Crippen LogP contribution < -0.4 is 15.4 Å². The van der Waals surface area contributed by atoms with Crippen LogP contribution in [-0.4, -0.2) is 29.3 Å². The number of ether oxygens (including phenoxy) is 1. The highest BCUT2D eigenvalue weighted by Crippen LogP contribution is 2.24. The van der Waals surface area contributed by atoms with Gasteiger partial charge in [0.2, 0.25) is 0 Å². The summed E-state index contributed by atoms with van der Waals surface area (Å²) in [4.78, 5) is 11.4. The summed E-state index contributed by atoms with van der Waals surface area (Å²) in [6.45, 7) is 0.621. The zero-order valence-electron chi connectivity index (χ0n) is 13.8. The second-order valence-electron chi connectivity index (χ2n) is 5.91. The van der Waals surface area contributed by atoms with E-state index >= 15 is 0 Å². The lowest BCUT2D eigenvalue weighted by Gasteiger charge is -2.14. The van der Waals surface area contributed by atoms with Gasteiger partial charge in [0, 0.05) is 13.6 Å². The van der Waals surface area contributed by atoms with Crippen molar-refractivity contribution in [1.29, 1.82) is 0 Å². The molecule has 1 heterocycles. The molecule has 2 N–H and O–H groups in total. The first-order chi connectivity index (χ1) is 11.7. The van der Waals surface area contributed by atoms with Crippen LogP contribution in [0, 0.1) is 0 Å². The van der Waals surface area contributed by atoms with Gasteiger partial charge in [0.05, 0.1) is 6.10 Å². The summed E-state index contributed by atoms with van der Waals surface area (Å²) in [6.07, 6.45) is 5.18. The van der Waals surface area contributed by atoms with Crippen LogP contribution in [0.3, 0.4) is 0 Å². The molecule has 3 rings (SSSR count). The number of carbonyl (C=O) groups is 1. The number of hydrogen-bond donors (Lipinski definition) is 2. The Bertz CT molecular complexity index is 682. The Kier molecular flexibility index (Phi) is 5.25. The van der Waals surface area contributed by atoms with Gasteiger partial charge in [-0.3, -0.25) is 4.79 Å². The molecule has 0 atom stereocenters. The van der Waals surface area contributed by atoms with Gasteiger partial charge in [-0.25, -0.2) is 0 Å². The fraction of sp³-hybridized carbons (Fsp3) is 0.389. The van der Waals surface area contributed by atoms with Crippen LogP contribution in [0.15, 0.2) is 36.4 Å². The van der Waals surface area contributed by atoms with E-state index < -0.39 is 0 Å². The molecule has 6 nitrogen and oxygen atoms in total. The van der Waals surface area contributed by atoms with Crippen LogP contribution >= 0.6 is 0 Å².